The summed E-state index contributed by atoms with van der Waals surface area (Å²) in [6, 6.07) is 9.36. The number of hydrogen-bond acceptors (Lipinski definition) is 5. The molecule has 224 valence electrons. The van der Waals surface area contributed by atoms with Gasteiger partial charge in [-0.1, -0.05) is 38.1 Å². The Balaban J connectivity index is 0.000000493. The average Bonchev–Trinajstić information content (AvgIpc) is 3.07. The van der Waals surface area contributed by atoms with E-state index < -0.39 is 30.3 Å². The average molecular weight is 587 g/mol. The topological polar surface area (TPSA) is 94.6 Å². The van der Waals surface area contributed by atoms with Gasteiger partial charge in [-0.25, -0.2) is 4.79 Å². The van der Waals surface area contributed by atoms with Crippen LogP contribution in [0.15, 0.2) is 42.6 Å². The summed E-state index contributed by atoms with van der Waals surface area (Å²) < 4.78 is 73.9. The number of anilines is 1. The van der Waals surface area contributed by atoms with E-state index in [9.17, 15) is 31.1 Å². The quantitative estimate of drug-likeness (QED) is 0.416. The lowest BCUT2D eigenvalue weighted by molar-refractivity contribution is -0.193. The second-order valence-electron chi connectivity index (χ2n) is 11.5. The van der Waals surface area contributed by atoms with E-state index in [1.165, 1.54) is 30.4 Å². The number of halogens is 6. The number of aliphatic carboxylic acids is 1. The highest BCUT2D eigenvalue weighted by Gasteiger charge is 2.54. The van der Waals surface area contributed by atoms with Crippen LogP contribution in [0, 0.1) is 5.92 Å². The summed E-state index contributed by atoms with van der Waals surface area (Å²) in [6.07, 6.45) is -5.21. The molecule has 13 heteroatoms. The van der Waals surface area contributed by atoms with Crippen molar-refractivity contribution in [3.05, 3.63) is 59.4 Å². The van der Waals surface area contributed by atoms with Gasteiger partial charge in [-0.15, -0.1) is 0 Å². The summed E-state index contributed by atoms with van der Waals surface area (Å²) in [5, 5.41) is 13.9. The Hall–Kier alpha value is -3.35. The number of benzene rings is 1. The van der Waals surface area contributed by atoms with E-state index in [4.69, 9.17) is 9.90 Å². The number of alkyl halides is 6. The Labute approximate surface area is 233 Å². The normalized spacial score (nSPS) is 25.1. The molecule has 2 atom stereocenters. The molecule has 2 fully saturated rings. The zero-order valence-electron chi connectivity index (χ0n) is 22.7. The zero-order valence-corrected chi connectivity index (χ0v) is 22.7. The molecule has 0 bridgehead atoms. The number of amides is 1. The predicted molar refractivity (Wildman–Crippen MR) is 138 cm³/mol. The number of carboxylic acids is 1. The minimum atomic E-state index is -5.08. The summed E-state index contributed by atoms with van der Waals surface area (Å²) in [5.41, 5.74) is 2.92. The van der Waals surface area contributed by atoms with Gasteiger partial charge in [-0.3, -0.25) is 9.78 Å². The molecule has 0 radical (unpaired) electrons. The predicted octanol–water partition coefficient (Wildman–Crippen LogP) is 5.23. The lowest BCUT2D eigenvalue weighted by Gasteiger charge is -2.55. The van der Waals surface area contributed by atoms with Crippen LogP contribution in [0.5, 0.6) is 0 Å². The van der Waals surface area contributed by atoms with E-state index >= 15 is 0 Å². The van der Waals surface area contributed by atoms with Crippen LogP contribution in [0.4, 0.5) is 32.0 Å². The molecule has 2 heterocycles. The maximum Gasteiger partial charge on any atom is 0.490 e. The molecule has 3 aliphatic rings. The molecule has 2 aliphatic carbocycles. The van der Waals surface area contributed by atoms with Crippen LogP contribution in [0.3, 0.4) is 0 Å². The number of hydrogen-bond donors (Lipinski definition) is 3. The summed E-state index contributed by atoms with van der Waals surface area (Å²) in [5.74, 6) is -3.58. The minimum absolute atomic E-state index is 0.0197. The van der Waals surface area contributed by atoms with Crippen LogP contribution in [0.2, 0.25) is 0 Å². The SMILES string of the molecule is CN(C(=O)C1CC2(CCN2)C1)[C@@H](c1ccc(NC2Cc3ccccc3C2(C)C)cn1)C(F)(F)F.O=C(O)C(F)(F)F. The standard InChI is InChI=1S/C26H31F3N4O.C2HF3O2/c1-24(2)19-7-5-4-6-16(19)12-21(24)32-18-8-9-20(30-15-18)22(26(27,28)29)33(3)23(34)17-13-25(14-17)10-11-31-25;3-2(4,5)1(6)7/h4-9,15,17,21-22,31-32H,10-14H2,1-3H3;(H,6,7)/t17?,21?,22-,25?;/m0./s1. The Morgan fingerprint density at radius 1 is 1.10 bits per heavy atom. The summed E-state index contributed by atoms with van der Waals surface area (Å²) in [7, 11) is 1.24. The summed E-state index contributed by atoms with van der Waals surface area (Å²) >= 11 is 0. The Morgan fingerprint density at radius 3 is 2.17 bits per heavy atom. The molecule has 1 aromatic carbocycles. The number of carboxylic acid groups (broad SMARTS) is 1. The number of carbonyl (C=O) groups is 2. The molecule has 1 amide bonds. The molecule has 1 aliphatic heterocycles. The van der Waals surface area contributed by atoms with Gasteiger partial charge in [0.25, 0.3) is 0 Å². The number of aromatic nitrogens is 1. The van der Waals surface area contributed by atoms with Crippen LogP contribution < -0.4 is 10.6 Å². The second kappa shape index (κ2) is 10.8. The van der Waals surface area contributed by atoms with E-state index in [1.807, 2.05) is 12.1 Å². The van der Waals surface area contributed by atoms with Gasteiger partial charge in [0.15, 0.2) is 6.04 Å². The number of carbonyl (C=O) groups excluding carboxylic acids is 1. The summed E-state index contributed by atoms with van der Waals surface area (Å²) in [4.78, 5) is 26.7. The highest BCUT2D eigenvalue weighted by Crippen LogP contribution is 2.47. The third-order valence-electron chi connectivity index (χ3n) is 8.43. The van der Waals surface area contributed by atoms with Crippen LogP contribution in [-0.4, -0.2) is 64.4 Å². The fourth-order valence-electron chi connectivity index (χ4n) is 5.96. The van der Waals surface area contributed by atoms with Crippen molar-refractivity contribution < 1.29 is 41.0 Å². The molecule has 1 spiro atoms. The van der Waals surface area contributed by atoms with Crippen LogP contribution in [-0.2, 0) is 21.4 Å². The largest absolute Gasteiger partial charge is 0.490 e. The molecular weight excluding hydrogens is 554 g/mol. The lowest BCUT2D eigenvalue weighted by Crippen LogP contribution is -2.66. The van der Waals surface area contributed by atoms with E-state index in [2.05, 4.69) is 41.6 Å². The van der Waals surface area contributed by atoms with Gasteiger partial charge in [0, 0.05) is 30.0 Å². The van der Waals surface area contributed by atoms with Crippen LogP contribution >= 0.6 is 0 Å². The molecule has 1 saturated heterocycles. The third-order valence-corrected chi connectivity index (χ3v) is 8.43. The smallest absolute Gasteiger partial charge is 0.475 e. The fourth-order valence-corrected chi connectivity index (χ4v) is 5.96. The number of fused-ring (bicyclic) bond motifs is 1. The third kappa shape index (κ3) is 6.29. The van der Waals surface area contributed by atoms with Crippen molar-refractivity contribution in [3.63, 3.8) is 0 Å². The molecule has 3 N–H and O–H groups in total. The van der Waals surface area contributed by atoms with Crippen molar-refractivity contribution in [1.82, 2.24) is 15.2 Å². The van der Waals surface area contributed by atoms with E-state index in [1.54, 1.807) is 6.07 Å². The van der Waals surface area contributed by atoms with Gasteiger partial charge in [0.1, 0.15) is 0 Å². The van der Waals surface area contributed by atoms with Gasteiger partial charge in [0.2, 0.25) is 5.91 Å². The first-order valence-corrected chi connectivity index (χ1v) is 13.1. The first kappa shape index (κ1) is 30.6. The number of nitrogens with one attached hydrogen (secondary N) is 2. The summed E-state index contributed by atoms with van der Waals surface area (Å²) in [6.45, 7) is 5.25. The fraction of sp³-hybridized carbons (Fsp3) is 0.536. The maximum absolute atomic E-state index is 14.1. The molecule has 1 unspecified atom stereocenters. The molecule has 1 saturated carbocycles. The van der Waals surface area contributed by atoms with Crippen molar-refractivity contribution in [3.8, 4) is 0 Å². The first-order valence-electron chi connectivity index (χ1n) is 13.1. The van der Waals surface area contributed by atoms with Crippen LogP contribution in [0.1, 0.15) is 56.0 Å². The molecule has 7 nitrogen and oxygen atoms in total. The lowest BCUT2D eigenvalue weighted by atomic mass is 9.62. The maximum atomic E-state index is 14.1. The minimum Gasteiger partial charge on any atom is -0.475 e. The molecule has 2 aromatic rings. The number of nitrogens with zero attached hydrogens (tertiary/aromatic N) is 2. The van der Waals surface area contributed by atoms with Gasteiger partial charge < -0.3 is 20.6 Å². The molecule has 41 heavy (non-hydrogen) atoms. The van der Waals surface area contributed by atoms with E-state index in [0.29, 0.717) is 18.5 Å². The van der Waals surface area contributed by atoms with Gasteiger partial charge >= 0.3 is 18.3 Å². The number of pyridine rings is 1. The van der Waals surface area contributed by atoms with Crippen molar-refractivity contribution >= 4 is 17.6 Å². The molecular formula is C28H32F6N4O3. The Kier molecular flexibility index (Phi) is 8.07. The zero-order chi connectivity index (χ0) is 30.4. The highest BCUT2D eigenvalue weighted by atomic mass is 19.4. The van der Waals surface area contributed by atoms with E-state index in [0.717, 1.165) is 24.3 Å². The highest BCUT2D eigenvalue weighted by molar-refractivity contribution is 5.80. The monoisotopic (exact) mass is 586 g/mol. The first-order chi connectivity index (χ1) is 18.9. The van der Waals surface area contributed by atoms with Gasteiger partial charge in [0.05, 0.1) is 17.6 Å². The van der Waals surface area contributed by atoms with Crippen molar-refractivity contribution in [1.29, 1.82) is 0 Å². The van der Waals surface area contributed by atoms with E-state index in [-0.39, 0.29) is 28.6 Å². The Bertz CT molecular complexity index is 1270. The second-order valence-corrected chi connectivity index (χ2v) is 11.5. The van der Waals surface area contributed by atoms with Crippen molar-refractivity contribution in [2.75, 3.05) is 18.9 Å². The van der Waals surface area contributed by atoms with Crippen molar-refractivity contribution in [2.24, 2.45) is 5.92 Å². The van der Waals surface area contributed by atoms with Gasteiger partial charge in [-0.05, 0) is 55.5 Å². The van der Waals surface area contributed by atoms with Crippen LogP contribution in [0.25, 0.3) is 0 Å². The molecule has 5 rings (SSSR count). The van der Waals surface area contributed by atoms with Crippen molar-refractivity contribution in [2.45, 2.75) is 74.9 Å². The number of rotatable bonds is 5. The van der Waals surface area contributed by atoms with Gasteiger partial charge in [-0.2, -0.15) is 26.3 Å². The molecule has 1 aromatic heterocycles. The Morgan fingerprint density at radius 2 is 1.71 bits per heavy atom.